The highest BCUT2D eigenvalue weighted by atomic mass is 19.2. The number of carbonyl (C=O) groups excluding carboxylic acids is 2. The highest BCUT2D eigenvalue weighted by Gasteiger charge is 2.30. The van der Waals surface area contributed by atoms with Crippen molar-refractivity contribution in [2.75, 3.05) is 18.0 Å². The first-order valence-electron chi connectivity index (χ1n) is 7.63. The molecule has 24 heavy (non-hydrogen) atoms. The van der Waals surface area contributed by atoms with Gasteiger partial charge in [-0.2, -0.15) is 0 Å². The smallest absolute Gasteiger partial charge is 0.251 e. The second-order valence-corrected chi connectivity index (χ2v) is 5.75. The second kappa shape index (κ2) is 6.78. The third kappa shape index (κ3) is 3.42. The Balaban J connectivity index is 1.58. The summed E-state index contributed by atoms with van der Waals surface area (Å²) in [5.74, 6) is -2.56. The number of hydrogen-bond acceptors (Lipinski definition) is 2. The molecule has 2 aromatic carbocycles. The topological polar surface area (TPSA) is 49.4 Å². The molecule has 0 bridgehead atoms. The number of nitrogens with one attached hydrogen (secondary N) is 1. The molecule has 1 N–H and O–H groups in total. The molecule has 1 aliphatic rings. The predicted octanol–water partition coefficient (Wildman–Crippen LogP) is 2.75. The average molecular weight is 330 g/mol. The van der Waals surface area contributed by atoms with Gasteiger partial charge in [-0.25, -0.2) is 8.78 Å². The van der Waals surface area contributed by atoms with Crippen LogP contribution in [0.25, 0.3) is 0 Å². The van der Waals surface area contributed by atoms with Crippen molar-refractivity contribution in [3.05, 3.63) is 65.7 Å². The zero-order valence-electron chi connectivity index (χ0n) is 12.8. The molecule has 1 unspecified atom stereocenters. The van der Waals surface area contributed by atoms with Gasteiger partial charge < -0.3 is 10.2 Å². The Kier molecular flexibility index (Phi) is 4.55. The first-order valence-corrected chi connectivity index (χ1v) is 7.63. The van der Waals surface area contributed by atoms with Crippen LogP contribution in [-0.4, -0.2) is 24.9 Å². The molecule has 0 saturated carbocycles. The van der Waals surface area contributed by atoms with Crippen molar-refractivity contribution in [1.29, 1.82) is 0 Å². The van der Waals surface area contributed by atoms with Crippen LogP contribution >= 0.6 is 0 Å². The van der Waals surface area contributed by atoms with E-state index in [2.05, 4.69) is 5.32 Å². The van der Waals surface area contributed by atoms with E-state index in [-0.39, 0.29) is 17.4 Å². The van der Waals surface area contributed by atoms with Gasteiger partial charge in [-0.05, 0) is 30.3 Å². The summed E-state index contributed by atoms with van der Waals surface area (Å²) in [7, 11) is 0. The molecular formula is C18H16F2N2O2. The van der Waals surface area contributed by atoms with E-state index in [1.165, 1.54) is 6.07 Å². The van der Waals surface area contributed by atoms with Crippen molar-refractivity contribution in [2.24, 2.45) is 5.92 Å². The van der Waals surface area contributed by atoms with E-state index in [4.69, 9.17) is 0 Å². The number of halogens is 2. The number of benzene rings is 2. The zero-order chi connectivity index (χ0) is 17.1. The van der Waals surface area contributed by atoms with Gasteiger partial charge in [0.1, 0.15) is 0 Å². The van der Waals surface area contributed by atoms with E-state index in [0.29, 0.717) is 19.5 Å². The minimum atomic E-state index is -1.06. The molecule has 124 valence electrons. The Morgan fingerprint density at radius 3 is 2.58 bits per heavy atom. The van der Waals surface area contributed by atoms with E-state index in [9.17, 15) is 18.4 Å². The Hall–Kier alpha value is -2.76. The van der Waals surface area contributed by atoms with Gasteiger partial charge in [0.05, 0.1) is 0 Å². The maximum Gasteiger partial charge on any atom is 0.251 e. The third-order valence-electron chi connectivity index (χ3n) is 4.01. The summed E-state index contributed by atoms with van der Waals surface area (Å²) in [6.45, 7) is 0.813. The Morgan fingerprint density at radius 1 is 1.12 bits per heavy atom. The fourth-order valence-electron chi connectivity index (χ4n) is 2.75. The predicted molar refractivity (Wildman–Crippen MR) is 85.6 cm³/mol. The Bertz CT molecular complexity index is 765. The number of para-hydroxylation sites is 1. The molecule has 1 atom stereocenters. The van der Waals surface area contributed by atoms with Crippen LogP contribution in [0.15, 0.2) is 48.5 Å². The van der Waals surface area contributed by atoms with E-state index < -0.39 is 17.5 Å². The molecule has 4 nitrogen and oxygen atoms in total. The molecule has 1 heterocycles. The molecular weight excluding hydrogens is 314 g/mol. The van der Waals surface area contributed by atoms with Crippen molar-refractivity contribution in [3.8, 4) is 0 Å². The van der Waals surface area contributed by atoms with E-state index >= 15 is 0 Å². The number of rotatable bonds is 4. The first-order chi connectivity index (χ1) is 11.5. The summed E-state index contributed by atoms with van der Waals surface area (Å²) in [5, 5.41) is 2.67. The van der Waals surface area contributed by atoms with Gasteiger partial charge in [0.2, 0.25) is 5.91 Å². The molecule has 6 heteroatoms. The largest absolute Gasteiger partial charge is 0.352 e. The Morgan fingerprint density at radius 2 is 1.88 bits per heavy atom. The molecule has 2 amide bonds. The van der Waals surface area contributed by atoms with Crippen LogP contribution in [0.2, 0.25) is 0 Å². The maximum atomic E-state index is 13.2. The van der Waals surface area contributed by atoms with E-state index in [1.54, 1.807) is 4.90 Å². The van der Waals surface area contributed by atoms with Crippen molar-refractivity contribution in [3.63, 3.8) is 0 Å². The monoisotopic (exact) mass is 330 g/mol. The molecule has 1 aliphatic heterocycles. The lowest BCUT2D eigenvalue weighted by Crippen LogP contribution is -2.31. The van der Waals surface area contributed by atoms with Gasteiger partial charge in [-0.15, -0.1) is 0 Å². The zero-order valence-corrected chi connectivity index (χ0v) is 12.8. The SMILES string of the molecule is O=C(NCC1CC(=O)N(c2ccccc2)C1)c1ccc(F)c(F)c1. The first kappa shape index (κ1) is 16.1. The van der Waals surface area contributed by atoms with Crippen LogP contribution in [0.4, 0.5) is 14.5 Å². The third-order valence-corrected chi connectivity index (χ3v) is 4.01. The molecule has 0 radical (unpaired) electrons. The van der Waals surface area contributed by atoms with Gasteiger partial charge in [-0.3, -0.25) is 9.59 Å². The molecule has 0 aliphatic carbocycles. The molecule has 3 rings (SSSR count). The second-order valence-electron chi connectivity index (χ2n) is 5.75. The Labute approximate surface area is 138 Å². The van der Waals surface area contributed by atoms with Crippen LogP contribution in [0.3, 0.4) is 0 Å². The van der Waals surface area contributed by atoms with Gasteiger partial charge in [0.25, 0.3) is 5.91 Å². The maximum absolute atomic E-state index is 13.2. The minimum Gasteiger partial charge on any atom is -0.352 e. The number of amides is 2. The highest BCUT2D eigenvalue weighted by molar-refractivity contribution is 5.96. The summed E-state index contributed by atoms with van der Waals surface area (Å²) in [6, 6.07) is 12.3. The van der Waals surface area contributed by atoms with E-state index in [1.807, 2.05) is 30.3 Å². The van der Waals surface area contributed by atoms with Crippen molar-refractivity contribution in [1.82, 2.24) is 5.32 Å². The van der Waals surface area contributed by atoms with Crippen LogP contribution in [0.5, 0.6) is 0 Å². The number of carbonyl (C=O) groups is 2. The summed E-state index contributed by atoms with van der Waals surface area (Å²) < 4.78 is 26.1. The summed E-state index contributed by atoms with van der Waals surface area (Å²) in [6.07, 6.45) is 0.340. The number of anilines is 1. The highest BCUT2D eigenvalue weighted by Crippen LogP contribution is 2.24. The van der Waals surface area contributed by atoms with Crippen molar-refractivity contribution >= 4 is 17.5 Å². The fourth-order valence-corrected chi connectivity index (χ4v) is 2.75. The van der Waals surface area contributed by atoms with Crippen LogP contribution in [0.1, 0.15) is 16.8 Å². The molecule has 0 aromatic heterocycles. The van der Waals surface area contributed by atoms with Gasteiger partial charge in [0, 0.05) is 36.7 Å². The standard InChI is InChI=1S/C18H16F2N2O2/c19-15-7-6-13(9-16(15)20)18(24)21-10-12-8-17(23)22(11-12)14-4-2-1-3-5-14/h1-7,9,12H,8,10-11H2,(H,21,24). The molecule has 2 aromatic rings. The molecule has 0 spiro atoms. The fraction of sp³-hybridized carbons (Fsp3) is 0.222. The minimum absolute atomic E-state index is 0.00766. The van der Waals surface area contributed by atoms with Crippen LogP contribution in [-0.2, 0) is 4.79 Å². The molecule has 1 saturated heterocycles. The van der Waals surface area contributed by atoms with Crippen LogP contribution < -0.4 is 10.2 Å². The van der Waals surface area contributed by atoms with Crippen molar-refractivity contribution < 1.29 is 18.4 Å². The average Bonchev–Trinajstić information content (AvgIpc) is 2.97. The lowest BCUT2D eigenvalue weighted by Gasteiger charge is -2.16. The van der Waals surface area contributed by atoms with Crippen LogP contribution in [0, 0.1) is 17.6 Å². The summed E-state index contributed by atoms with van der Waals surface area (Å²) >= 11 is 0. The number of hydrogen-bond donors (Lipinski definition) is 1. The normalized spacial score (nSPS) is 17.2. The van der Waals surface area contributed by atoms with E-state index in [0.717, 1.165) is 17.8 Å². The van der Waals surface area contributed by atoms with Gasteiger partial charge in [0.15, 0.2) is 11.6 Å². The lowest BCUT2D eigenvalue weighted by molar-refractivity contribution is -0.117. The van der Waals surface area contributed by atoms with Crippen molar-refractivity contribution in [2.45, 2.75) is 6.42 Å². The molecule has 1 fully saturated rings. The summed E-state index contributed by atoms with van der Waals surface area (Å²) in [5.41, 5.74) is 0.884. The summed E-state index contributed by atoms with van der Waals surface area (Å²) in [4.78, 5) is 25.8. The number of nitrogens with zero attached hydrogens (tertiary/aromatic N) is 1. The lowest BCUT2D eigenvalue weighted by atomic mass is 10.1. The van der Waals surface area contributed by atoms with Gasteiger partial charge >= 0.3 is 0 Å². The van der Waals surface area contributed by atoms with Gasteiger partial charge in [-0.1, -0.05) is 18.2 Å². The quantitative estimate of drug-likeness (QED) is 0.937.